The lowest BCUT2D eigenvalue weighted by molar-refractivity contribution is -0.150. The van der Waals surface area contributed by atoms with Crippen molar-refractivity contribution in [1.82, 2.24) is 19.7 Å². The predicted octanol–water partition coefficient (Wildman–Crippen LogP) is 9.21. The van der Waals surface area contributed by atoms with Crippen LogP contribution in [-0.2, 0) is 39.8 Å². The Morgan fingerprint density at radius 3 is 1.92 bits per heavy atom. The summed E-state index contributed by atoms with van der Waals surface area (Å²) in [6.45, 7) is 7.83. The molecule has 0 saturated heterocycles. The molecule has 0 fully saturated rings. The van der Waals surface area contributed by atoms with Gasteiger partial charge in [-0.1, -0.05) is 89.6 Å². The van der Waals surface area contributed by atoms with E-state index >= 15 is 0 Å². The second-order valence-corrected chi connectivity index (χ2v) is 16.7. The Hall–Kier alpha value is -8.63. The number of hydrogen-bond donors (Lipinski definition) is 2. The maximum absolute atomic E-state index is 12.1. The molecule has 2 amide bonds. The molecule has 0 unspecified atom stereocenters. The summed E-state index contributed by atoms with van der Waals surface area (Å²) in [5, 5.41) is 6.72. The number of anilines is 1. The minimum Gasteiger partial charge on any atom is -0.490 e. The van der Waals surface area contributed by atoms with Gasteiger partial charge in [-0.05, 0) is 76.2 Å². The number of nitrogens with one attached hydrogen (secondary N) is 2. The smallest absolute Gasteiger partial charge is 0.411 e. The fraction of sp³-hybridized carbons (Fsp3) is 0.235. The van der Waals surface area contributed by atoms with Gasteiger partial charge in [-0.25, -0.2) is 19.1 Å². The predicted molar refractivity (Wildman–Crippen MR) is 270 cm³/mol. The van der Waals surface area contributed by atoms with Gasteiger partial charge in [0.1, 0.15) is 17.0 Å². The van der Waals surface area contributed by atoms with Crippen molar-refractivity contribution in [3.63, 3.8) is 0 Å². The van der Waals surface area contributed by atoms with E-state index in [0.717, 1.165) is 11.1 Å². The number of ether oxygens (including phenoxy) is 7. The van der Waals surface area contributed by atoms with E-state index in [-0.39, 0.29) is 35.3 Å². The van der Waals surface area contributed by atoms with E-state index in [0.29, 0.717) is 59.6 Å². The van der Waals surface area contributed by atoms with Crippen LogP contribution in [0.1, 0.15) is 45.2 Å². The Morgan fingerprint density at radius 2 is 1.32 bits per heavy atom. The molecule has 0 aliphatic carbocycles. The van der Waals surface area contributed by atoms with E-state index in [1.54, 1.807) is 87.0 Å². The van der Waals surface area contributed by atoms with Crippen LogP contribution in [0.5, 0.6) is 40.8 Å². The van der Waals surface area contributed by atoms with Crippen LogP contribution >= 0.6 is 11.6 Å². The number of rotatable bonds is 18. The number of carbonyl (C=O) groups excluding carboxylic acids is 3. The average Bonchev–Trinajstić information content (AvgIpc) is 4.03. The Bertz CT molecular complexity index is 3070. The number of hydrogen-bond acceptors (Lipinski definition) is 19. The van der Waals surface area contributed by atoms with Crippen molar-refractivity contribution >= 4 is 62.6 Å². The number of oxime groups is 1. The van der Waals surface area contributed by atoms with Gasteiger partial charge in [-0.15, -0.1) is 0 Å². The third-order valence-electron chi connectivity index (χ3n) is 9.90. The number of oxazole rings is 1. The number of carbonyl (C=O) groups is 3. The van der Waals surface area contributed by atoms with Crippen LogP contribution < -0.4 is 37.9 Å². The van der Waals surface area contributed by atoms with E-state index in [2.05, 4.69) is 25.4 Å². The highest BCUT2D eigenvalue weighted by Crippen LogP contribution is 2.41. The number of aromatic nitrogens is 3. The van der Waals surface area contributed by atoms with E-state index < -0.39 is 40.0 Å². The van der Waals surface area contributed by atoms with Crippen molar-refractivity contribution in [2.45, 2.75) is 45.8 Å². The van der Waals surface area contributed by atoms with Crippen molar-refractivity contribution < 1.29 is 69.4 Å². The van der Waals surface area contributed by atoms with Crippen molar-refractivity contribution in [1.29, 1.82) is 0 Å². The molecule has 388 valence electrons. The van der Waals surface area contributed by atoms with Crippen LogP contribution in [0.15, 0.2) is 143 Å². The molecule has 8 rings (SSSR count). The first kappa shape index (κ1) is 54.7. The zero-order valence-electron chi connectivity index (χ0n) is 40.8. The summed E-state index contributed by atoms with van der Waals surface area (Å²) in [6.07, 6.45) is -0.209. The molecule has 2 aromatic heterocycles. The summed E-state index contributed by atoms with van der Waals surface area (Å²) in [7, 11) is -1.76. The molecule has 0 saturated carbocycles. The van der Waals surface area contributed by atoms with Crippen molar-refractivity contribution in [2.24, 2.45) is 5.16 Å². The summed E-state index contributed by atoms with van der Waals surface area (Å²) in [5.74, 6) is 0.359. The molecule has 23 heteroatoms. The van der Waals surface area contributed by atoms with Crippen molar-refractivity contribution in [3.05, 3.63) is 150 Å². The van der Waals surface area contributed by atoms with E-state index in [1.807, 2.05) is 60.7 Å². The first-order chi connectivity index (χ1) is 35.7. The monoisotopic (exact) mass is 1050 g/mol. The van der Waals surface area contributed by atoms with Gasteiger partial charge in [0.05, 0.1) is 46.5 Å². The van der Waals surface area contributed by atoms with Gasteiger partial charge in [-0.2, -0.15) is 23.4 Å². The molecule has 74 heavy (non-hydrogen) atoms. The molecule has 0 radical (unpaired) electrons. The third kappa shape index (κ3) is 15.2. The molecule has 1 atom stereocenters. The molecule has 2 N–H and O–H groups in total. The molecule has 7 aromatic rings. The van der Waals surface area contributed by atoms with Crippen LogP contribution in [0.25, 0.3) is 11.1 Å². The molecule has 0 bridgehead atoms. The van der Waals surface area contributed by atoms with Crippen LogP contribution in [0, 0.1) is 0 Å². The highest BCUT2D eigenvalue weighted by molar-refractivity contribution is 7.85. The number of benzene rings is 5. The number of esters is 2. The maximum Gasteiger partial charge on any atom is 0.411 e. The van der Waals surface area contributed by atoms with Crippen LogP contribution in [-0.4, -0.2) is 87.2 Å². The van der Waals surface area contributed by atoms with E-state index in [9.17, 15) is 22.8 Å². The summed E-state index contributed by atoms with van der Waals surface area (Å²) in [6, 6.07) is 37.9. The zero-order valence-corrected chi connectivity index (χ0v) is 42.4. The average molecular weight is 1060 g/mol. The van der Waals surface area contributed by atoms with E-state index in [1.165, 1.54) is 32.4 Å². The number of nitrogens with zero attached hydrogens (tertiary/aromatic N) is 4. The van der Waals surface area contributed by atoms with E-state index in [4.69, 9.17) is 58.2 Å². The second-order valence-electron chi connectivity index (χ2n) is 15.0. The second kappa shape index (κ2) is 26.2. The Balaban J connectivity index is 0.000000182. The number of amides is 2. The minimum absolute atomic E-state index is 0.0704. The summed E-state index contributed by atoms with van der Waals surface area (Å²) in [4.78, 5) is 53.2. The van der Waals surface area contributed by atoms with Crippen molar-refractivity contribution in [2.75, 3.05) is 39.4 Å². The first-order valence-electron chi connectivity index (χ1n) is 22.6. The molecule has 0 spiro atoms. The molecular weight excluding hydrogens is 1000 g/mol. The van der Waals surface area contributed by atoms with Gasteiger partial charge in [-0.3, -0.25) is 5.32 Å². The minimum atomic E-state index is -4.49. The molecule has 1 aliphatic heterocycles. The fourth-order valence-corrected chi connectivity index (χ4v) is 7.47. The van der Waals surface area contributed by atoms with Crippen LogP contribution in [0.2, 0.25) is 5.02 Å². The largest absolute Gasteiger partial charge is 0.490 e. The normalized spacial score (nSPS) is 12.6. The topological polar surface area (TPSA) is 257 Å². The highest BCUT2D eigenvalue weighted by atomic mass is 35.5. The summed E-state index contributed by atoms with van der Waals surface area (Å²) >= 11 is 5.91. The molecular formula is C51H51ClN6O15S. The maximum atomic E-state index is 12.1. The Kier molecular flexibility index (Phi) is 19.3. The Morgan fingerprint density at radius 1 is 0.730 bits per heavy atom. The van der Waals surface area contributed by atoms with Crippen molar-refractivity contribution in [3.8, 4) is 40.8 Å². The van der Waals surface area contributed by atoms with Gasteiger partial charge in [0.2, 0.25) is 17.7 Å². The highest BCUT2D eigenvalue weighted by Gasteiger charge is 2.45. The molecule has 21 nitrogen and oxygen atoms in total. The van der Waals surface area contributed by atoms with Crippen LogP contribution in [0.3, 0.4) is 0 Å². The number of urea groups is 1. The van der Waals surface area contributed by atoms with Gasteiger partial charge >= 0.3 is 34.4 Å². The zero-order chi connectivity index (χ0) is 53.1. The lowest BCUT2D eigenvalue weighted by atomic mass is 9.82. The standard InChI is InChI=1S/C18H16ClNO5.C18H17NO3.C15H18N4O7S/c1-3-22-17(21)11(2)23-13-5-7-14(8-6-13)24-18-20-15-9-4-12(19)10-16(15)25-18;1-2-21-17(20)16-13-18(22-19-16,14-9-5-3-6-10-14)15-11-7-4-8-12-15;1-4-25-10-7-5-6-8-11(10)26-27(21,22)19-15(20)18-14-16-12(23-2)9-13(17-14)24-3/h4-11H,3H2,1-2H3;3-12H,2,13H2,1H3;5-9H,4H2,1-3H3,(H2,16,17,18,19,20)/t11-;;/m1../s1. The number of para-hydroxylation sites is 2. The SMILES string of the molecule is CCOC(=O)C1=NOC(c2ccccc2)(c2ccccc2)C1.CCOC(=O)[C@@H](C)Oc1ccc(Oc2nc3ccc(Cl)cc3o2)cc1.CCOc1ccccc1OS(=O)(=O)NC(=O)Nc1nc(OC)cc(OC)n1. The van der Waals surface area contributed by atoms with Gasteiger partial charge in [0, 0.05) is 22.2 Å². The first-order valence-corrected chi connectivity index (χ1v) is 24.4. The number of fused-ring (bicyclic) bond motifs is 1. The third-order valence-corrected chi connectivity index (χ3v) is 11.0. The number of methoxy groups -OCH3 is 2. The number of halogens is 1. The summed E-state index contributed by atoms with van der Waals surface area (Å²) < 4.78 is 72.3. The van der Waals surface area contributed by atoms with Crippen LogP contribution in [0.4, 0.5) is 10.7 Å². The fourth-order valence-electron chi connectivity index (χ4n) is 6.61. The van der Waals surface area contributed by atoms with Gasteiger partial charge < -0.3 is 46.6 Å². The molecule has 3 heterocycles. The van der Waals surface area contributed by atoms with Gasteiger partial charge in [0.25, 0.3) is 0 Å². The molecule has 1 aliphatic rings. The lowest BCUT2D eigenvalue weighted by Gasteiger charge is -2.27. The quantitative estimate of drug-likeness (QED) is 0.0759. The molecule has 5 aromatic carbocycles. The Labute approximate surface area is 430 Å². The lowest BCUT2D eigenvalue weighted by Crippen LogP contribution is -2.37. The van der Waals surface area contributed by atoms with Gasteiger partial charge in [0.15, 0.2) is 34.5 Å². The summed E-state index contributed by atoms with van der Waals surface area (Å²) in [5.41, 5.74) is 2.67.